The molecule has 8 heteroatoms. The van der Waals surface area contributed by atoms with Gasteiger partial charge in [0.15, 0.2) is 0 Å². The summed E-state index contributed by atoms with van der Waals surface area (Å²) < 4.78 is 7.69. The molecule has 1 N–H and O–H groups in total. The van der Waals surface area contributed by atoms with E-state index in [0.717, 1.165) is 72.7 Å². The topological polar surface area (TPSA) is 75.5 Å². The number of ether oxygens (including phenoxy) is 1. The van der Waals surface area contributed by atoms with Gasteiger partial charge in [-0.1, -0.05) is 45.0 Å². The highest BCUT2D eigenvalue weighted by Gasteiger charge is 2.29. The van der Waals surface area contributed by atoms with Crippen molar-refractivity contribution in [2.24, 2.45) is 5.41 Å². The normalized spacial score (nSPS) is 15.5. The minimum Gasteiger partial charge on any atom is -0.494 e. The van der Waals surface area contributed by atoms with Crippen LogP contribution in [-0.2, 0) is 4.79 Å². The van der Waals surface area contributed by atoms with Gasteiger partial charge in [-0.25, -0.2) is 4.68 Å². The summed E-state index contributed by atoms with van der Waals surface area (Å²) in [7, 11) is 1.72. The summed E-state index contributed by atoms with van der Waals surface area (Å²) in [5.41, 5.74) is 4.09. The number of rotatable bonds is 9. The first-order valence-electron chi connectivity index (χ1n) is 14.6. The van der Waals surface area contributed by atoms with Gasteiger partial charge in [-0.05, 0) is 54.7 Å². The highest BCUT2D eigenvalue weighted by Crippen LogP contribution is 2.36. The second-order valence-corrected chi connectivity index (χ2v) is 12.0. The number of hydrogen-bond donors (Lipinski definition) is 1. The van der Waals surface area contributed by atoms with E-state index >= 15 is 0 Å². The second kappa shape index (κ2) is 12.7. The highest BCUT2D eigenvalue weighted by atomic mass is 16.5. The third-order valence-corrected chi connectivity index (χ3v) is 7.77. The summed E-state index contributed by atoms with van der Waals surface area (Å²) >= 11 is 0. The molecule has 1 aliphatic rings. The Kier molecular flexibility index (Phi) is 8.88. The van der Waals surface area contributed by atoms with E-state index < -0.39 is 0 Å². The molecule has 1 fully saturated rings. The molecule has 1 atom stereocenters. The van der Waals surface area contributed by atoms with Crippen LogP contribution in [0.5, 0.6) is 5.75 Å². The molecule has 5 rings (SSSR count). The summed E-state index contributed by atoms with van der Waals surface area (Å²) in [5, 5.41) is 9.22. The van der Waals surface area contributed by atoms with E-state index in [1.54, 1.807) is 7.11 Å². The van der Waals surface area contributed by atoms with Crippen LogP contribution in [0, 0.1) is 5.41 Å². The number of carbonyl (C=O) groups is 1. The number of benzene rings is 2. The van der Waals surface area contributed by atoms with Crippen LogP contribution in [0.2, 0.25) is 0 Å². The van der Waals surface area contributed by atoms with Gasteiger partial charge in [-0.3, -0.25) is 14.7 Å². The molecule has 1 unspecified atom stereocenters. The van der Waals surface area contributed by atoms with Crippen LogP contribution in [0.1, 0.15) is 51.8 Å². The van der Waals surface area contributed by atoms with Crippen molar-refractivity contribution < 1.29 is 9.53 Å². The number of methoxy groups -OCH3 is 1. The largest absolute Gasteiger partial charge is 0.494 e. The molecule has 1 saturated heterocycles. The molecule has 8 nitrogen and oxygen atoms in total. The number of para-hydroxylation sites is 1. The number of amides is 1. The lowest BCUT2D eigenvalue weighted by molar-refractivity contribution is -0.122. The Morgan fingerprint density at radius 3 is 2.61 bits per heavy atom. The molecule has 2 aromatic heterocycles. The summed E-state index contributed by atoms with van der Waals surface area (Å²) in [6.45, 7) is 10.6. The maximum absolute atomic E-state index is 13.2. The summed E-state index contributed by atoms with van der Waals surface area (Å²) in [5.74, 6) is 0.899. The molecule has 0 bridgehead atoms. The first-order chi connectivity index (χ1) is 19.8. The van der Waals surface area contributed by atoms with Crippen molar-refractivity contribution in [3.05, 3.63) is 78.8 Å². The van der Waals surface area contributed by atoms with Crippen molar-refractivity contribution in [1.29, 1.82) is 0 Å². The van der Waals surface area contributed by atoms with Gasteiger partial charge in [-0.15, -0.1) is 0 Å². The summed E-state index contributed by atoms with van der Waals surface area (Å²) in [4.78, 5) is 22.7. The zero-order chi connectivity index (χ0) is 28.8. The minimum absolute atomic E-state index is 0.0644. The molecule has 2 aromatic carbocycles. The molecular weight excluding hydrogens is 512 g/mol. The van der Waals surface area contributed by atoms with E-state index in [4.69, 9.17) is 14.8 Å². The van der Waals surface area contributed by atoms with E-state index in [0.29, 0.717) is 13.0 Å². The molecular formula is C33H42N6O2. The third-order valence-electron chi connectivity index (χ3n) is 7.77. The lowest BCUT2D eigenvalue weighted by Crippen LogP contribution is -2.37. The molecule has 0 radical (unpaired) electrons. The Hall–Kier alpha value is -3.91. The van der Waals surface area contributed by atoms with E-state index in [-0.39, 0.29) is 17.4 Å². The average Bonchev–Trinajstić information content (AvgIpc) is 3.34. The Morgan fingerprint density at radius 2 is 1.83 bits per heavy atom. The van der Waals surface area contributed by atoms with E-state index in [9.17, 15) is 4.79 Å². The minimum atomic E-state index is -0.123. The van der Waals surface area contributed by atoms with E-state index in [1.165, 1.54) is 0 Å². The number of nitrogens with zero attached hydrogens (tertiary/aromatic N) is 5. The Labute approximate surface area is 243 Å². The van der Waals surface area contributed by atoms with Gasteiger partial charge in [0.1, 0.15) is 11.4 Å². The smallest absolute Gasteiger partial charge is 0.221 e. The average molecular weight is 555 g/mol. The van der Waals surface area contributed by atoms with Gasteiger partial charge < -0.3 is 15.0 Å². The Morgan fingerprint density at radius 1 is 1.00 bits per heavy atom. The summed E-state index contributed by atoms with van der Waals surface area (Å²) in [6.07, 6.45) is 6.09. The fraction of sp³-hybridized carbons (Fsp3) is 0.424. The van der Waals surface area contributed by atoms with Crippen molar-refractivity contribution >= 4 is 22.5 Å². The van der Waals surface area contributed by atoms with Crippen LogP contribution in [0.4, 0.5) is 5.69 Å². The molecule has 4 aromatic rings. The maximum atomic E-state index is 13.2. The van der Waals surface area contributed by atoms with Gasteiger partial charge in [0.05, 0.1) is 30.0 Å². The van der Waals surface area contributed by atoms with Gasteiger partial charge in [0, 0.05) is 56.9 Å². The molecule has 1 amide bonds. The monoisotopic (exact) mass is 554 g/mol. The number of aromatic nitrogens is 3. The Balaban J connectivity index is 1.38. The van der Waals surface area contributed by atoms with Crippen molar-refractivity contribution in [2.45, 2.75) is 46.1 Å². The zero-order valence-electron chi connectivity index (χ0n) is 24.7. The molecule has 0 aliphatic carbocycles. The first kappa shape index (κ1) is 28.6. The van der Waals surface area contributed by atoms with Gasteiger partial charge in [0.25, 0.3) is 0 Å². The SMILES string of the molecule is COc1ccc2cccnc2c1N1CCCN(C(CC(=O)NCCC(C)(C)C)c2ccn(-c3ccccc3)n2)CC1. The molecule has 0 saturated carbocycles. The van der Waals surface area contributed by atoms with Gasteiger partial charge in [-0.2, -0.15) is 5.10 Å². The van der Waals surface area contributed by atoms with Crippen molar-refractivity contribution in [1.82, 2.24) is 25.0 Å². The lowest BCUT2D eigenvalue weighted by atomic mass is 9.92. The van der Waals surface area contributed by atoms with Crippen LogP contribution < -0.4 is 15.0 Å². The number of nitrogens with one attached hydrogen (secondary N) is 1. The highest BCUT2D eigenvalue weighted by molar-refractivity contribution is 5.94. The van der Waals surface area contributed by atoms with E-state index in [1.807, 2.05) is 59.5 Å². The van der Waals surface area contributed by atoms with Crippen LogP contribution in [0.25, 0.3) is 16.6 Å². The zero-order valence-corrected chi connectivity index (χ0v) is 24.7. The lowest BCUT2D eigenvalue weighted by Gasteiger charge is -2.30. The van der Waals surface area contributed by atoms with Gasteiger partial charge >= 0.3 is 0 Å². The van der Waals surface area contributed by atoms with Crippen LogP contribution in [-0.4, -0.2) is 65.4 Å². The Bertz CT molecular complexity index is 1450. The second-order valence-electron chi connectivity index (χ2n) is 12.0. The number of anilines is 1. The standard InChI is InChI=1S/C33H42N6O2/c1-33(2,3)16-18-34-30(40)24-28(27-15-21-39(36-27)26-11-6-5-7-12-26)37-19-9-20-38(23-22-37)32-29(41-4)14-13-25-10-8-17-35-31(25)32/h5-8,10-15,17,21,28H,9,16,18-20,22-24H2,1-4H3,(H,34,40). The van der Waals surface area contributed by atoms with Crippen molar-refractivity contribution in [2.75, 3.05) is 44.7 Å². The first-order valence-corrected chi connectivity index (χ1v) is 14.6. The molecule has 1 aliphatic heterocycles. The quantitative estimate of drug-likeness (QED) is 0.289. The van der Waals surface area contributed by atoms with Crippen molar-refractivity contribution in [3.63, 3.8) is 0 Å². The van der Waals surface area contributed by atoms with Crippen molar-refractivity contribution in [3.8, 4) is 11.4 Å². The maximum Gasteiger partial charge on any atom is 0.221 e. The third kappa shape index (κ3) is 7.06. The number of hydrogen-bond acceptors (Lipinski definition) is 6. The van der Waals surface area contributed by atoms with Crippen LogP contribution in [0.3, 0.4) is 0 Å². The predicted octanol–water partition coefficient (Wildman–Crippen LogP) is 5.63. The number of carbonyl (C=O) groups excluding carboxylic acids is 1. The number of pyridine rings is 1. The van der Waals surface area contributed by atoms with E-state index in [2.05, 4.69) is 54.1 Å². The van der Waals surface area contributed by atoms with Crippen LogP contribution >= 0.6 is 0 Å². The molecule has 216 valence electrons. The predicted molar refractivity (Wildman–Crippen MR) is 165 cm³/mol. The fourth-order valence-corrected chi connectivity index (χ4v) is 5.54. The van der Waals surface area contributed by atoms with Gasteiger partial charge in [0.2, 0.25) is 5.91 Å². The molecule has 3 heterocycles. The number of fused-ring (bicyclic) bond motifs is 1. The molecule has 0 spiro atoms. The van der Waals surface area contributed by atoms with Crippen LogP contribution in [0.15, 0.2) is 73.1 Å². The fourth-order valence-electron chi connectivity index (χ4n) is 5.54. The summed E-state index contributed by atoms with van der Waals surface area (Å²) in [6, 6.07) is 20.2. The molecule has 41 heavy (non-hydrogen) atoms.